The van der Waals surface area contributed by atoms with Crippen LogP contribution in [0.1, 0.15) is 42.0 Å². The third kappa shape index (κ3) is 2.45. The predicted molar refractivity (Wildman–Crippen MR) is 75.5 cm³/mol. The number of aromatic nitrogens is 1. The fraction of sp³-hybridized carbons (Fsp3) is 0.333. The van der Waals surface area contributed by atoms with E-state index < -0.39 is 17.9 Å². The van der Waals surface area contributed by atoms with Gasteiger partial charge in [-0.25, -0.2) is 9.59 Å². The highest BCUT2D eigenvalue weighted by Crippen LogP contribution is 2.29. The summed E-state index contributed by atoms with van der Waals surface area (Å²) in [5.74, 6) is -0.943. The van der Waals surface area contributed by atoms with Crippen molar-refractivity contribution in [1.82, 2.24) is 4.98 Å². The molecule has 0 aliphatic rings. The molecule has 0 bridgehead atoms. The molecule has 1 N–H and O–H groups in total. The average molecular weight is 305 g/mol. The van der Waals surface area contributed by atoms with Crippen LogP contribution in [0.25, 0.3) is 11.1 Å². The monoisotopic (exact) mass is 305 g/mol. The van der Waals surface area contributed by atoms with Crippen molar-refractivity contribution in [2.75, 3.05) is 0 Å². The van der Waals surface area contributed by atoms with Crippen molar-refractivity contribution in [3.05, 3.63) is 46.2 Å². The molecular weight excluding hydrogens is 290 g/mol. The Morgan fingerprint density at radius 3 is 2.68 bits per heavy atom. The lowest BCUT2D eigenvalue weighted by molar-refractivity contribution is 0.00977. The van der Waals surface area contributed by atoms with Gasteiger partial charge in [0.15, 0.2) is 23.2 Å². The van der Waals surface area contributed by atoms with Gasteiger partial charge in [-0.1, -0.05) is 13.8 Å². The molecule has 7 nitrogen and oxygen atoms in total. The molecule has 1 unspecified atom stereocenters. The summed E-state index contributed by atoms with van der Waals surface area (Å²) in [6, 6.07) is 3.28. The topological polar surface area (TPSA) is 98.6 Å². The fourth-order valence-electron chi connectivity index (χ4n) is 2.25. The Morgan fingerprint density at radius 2 is 2.09 bits per heavy atom. The van der Waals surface area contributed by atoms with E-state index in [0.29, 0.717) is 16.9 Å². The zero-order valence-electron chi connectivity index (χ0n) is 12.3. The lowest BCUT2D eigenvalue weighted by atomic mass is 10.0. The number of aromatic amines is 1. The van der Waals surface area contributed by atoms with Crippen molar-refractivity contribution in [2.45, 2.75) is 26.9 Å². The molecular formula is C15H15NO6. The van der Waals surface area contributed by atoms with Gasteiger partial charge in [-0.3, -0.25) is 0 Å². The molecule has 22 heavy (non-hydrogen) atoms. The first-order chi connectivity index (χ1) is 10.5. The van der Waals surface area contributed by atoms with Crippen LogP contribution >= 0.6 is 0 Å². The van der Waals surface area contributed by atoms with E-state index in [9.17, 15) is 9.59 Å². The molecule has 116 valence electrons. The number of ether oxygens (including phenoxy) is 1. The van der Waals surface area contributed by atoms with Crippen LogP contribution in [0, 0.1) is 12.8 Å². The lowest BCUT2D eigenvalue weighted by Crippen LogP contribution is -2.17. The number of esters is 1. The molecule has 3 aromatic rings. The highest BCUT2D eigenvalue weighted by atomic mass is 16.6. The van der Waals surface area contributed by atoms with Crippen molar-refractivity contribution in [1.29, 1.82) is 0 Å². The van der Waals surface area contributed by atoms with Crippen LogP contribution in [-0.2, 0) is 4.74 Å². The summed E-state index contributed by atoms with van der Waals surface area (Å²) in [4.78, 5) is 26.4. The Balaban J connectivity index is 1.87. The highest BCUT2D eigenvalue weighted by molar-refractivity contribution is 5.93. The number of carbonyl (C=O) groups excluding carboxylic acids is 1. The predicted octanol–water partition coefficient (Wildman–Crippen LogP) is 3.17. The molecule has 0 aliphatic carbocycles. The van der Waals surface area contributed by atoms with Crippen molar-refractivity contribution in [3.8, 4) is 0 Å². The van der Waals surface area contributed by atoms with E-state index in [1.807, 2.05) is 13.8 Å². The van der Waals surface area contributed by atoms with Gasteiger partial charge in [-0.15, -0.1) is 0 Å². The fourth-order valence-corrected chi connectivity index (χ4v) is 2.25. The smallest absolute Gasteiger partial charge is 0.463 e. The minimum atomic E-state index is -0.813. The van der Waals surface area contributed by atoms with Crippen LogP contribution in [0.15, 0.2) is 36.4 Å². The van der Waals surface area contributed by atoms with E-state index in [2.05, 4.69) is 4.98 Å². The third-order valence-corrected chi connectivity index (χ3v) is 3.33. The zero-order chi connectivity index (χ0) is 15.9. The molecule has 0 aliphatic heterocycles. The summed E-state index contributed by atoms with van der Waals surface area (Å²) in [6.45, 7) is 5.29. The van der Waals surface area contributed by atoms with E-state index in [1.165, 1.54) is 6.26 Å². The average Bonchev–Trinajstić information content (AvgIpc) is 3.09. The third-order valence-electron chi connectivity index (χ3n) is 3.33. The zero-order valence-corrected chi connectivity index (χ0v) is 12.3. The number of aryl methyl sites for hydroxylation is 1. The normalized spacial score (nSPS) is 12.9. The molecule has 7 heteroatoms. The van der Waals surface area contributed by atoms with Crippen molar-refractivity contribution >= 4 is 17.1 Å². The van der Waals surface area contributed by atoms with E-state index >= 15 is 0 Å². The molecule has 0 radical (unpaired) electrons. The Bertz CT molecular complexity index is 833. The second-order valence-corrected chi connectivity index (χ2v) is 5.33. The van der Waals surface area contributed by atoms with Gasteiger partial charge in [-0.05, 0) is 12.8 Å². The SMILES string of the molecule is Cc1oc(=O)oc1C(OC(=O)c1cc2occc2[nH]1)C(C)C. The largest absolute Gasteiger partial charge is 0.519 e. The summed E-state index contributed by atoms with van der Waals surface area (Å²) in [7, 11) is 0. The summed E-state index contributed by atoms with van der Waals surface area (Å²) >= 11 is 0. The number of rotatable bonds is 4. The van der Waals surface area contributed by atoms with Gasteiger partial charge >= 0.3 is 11.8 Å². The summed E-state index contributed by atoms with van der Waals surface area (Å²) < 4.78 is 20.5. The molecule has 3 heterocycles. The Labute approximate surface area is 124 Å². The quantitative estimate of drug-likeness (QED) is 0.743. The number of carbonyl (C=O) groups is 1. The summed E-state index contributed by atoms with van der Waals surface area (Å²) in [5.41, 5.74) is 1.54. The van der Waals surface area contributed by atoms with Gasteiger partial charge in [0.2, 0.25) is 0 Å². The molecule has 0 saturated carbocycles. The number of nitrogens with one attached hydrogen (secondary N) is 1. The Hall–Kier alpha value is -2.70. The minimum Gasteiger partial charge on any atom is -0.463 e. The minimum absolute atomic E-state index is 0.0960. The van der Waals surface area contributed by atoms with E-state index in [0.717, 1.165) is 0 Å². The molecule has 0 saturated heterocycles. The number of hydrogen-bond acceptors (Lipinski definition) is 6. The lowest BCUT2D eigenvalue weighted by Gasteiger charge is -2.18. The Morgan fingerprint density at radius 1 is 1.32 bits per heavy atom. The molecule has 0 amide bonds. The van der Waals surface area contributed by atoms with Crippen molar-refractivity contribution < 1.29 is 22.8 Å². The maximum absolute atomic E-state index is 12.3. The van der Waals surface area contributed by atoms with E-state index in [1.54, 1.807) is 19.1 Å². The first-order valence-electron chi connectivity index (χ1n) is 6.83. The van der Waals surface area contributed by atoms with Crippen LogP contribution in [0.5, 0.6) is 0 Å². The number of H-pyrrole nitrogens is 1. The number of hydrogen-bond donors (Lipinski definition) is 1. The van der Waals surface area contributed by atoms with Gasteiger partial charge in [0, 0.05) is 12.1 Å². The van der Waals surface area contributed by atoms with Gasteiger partial charge in [0.05, 0.1) is 11.8 Å². The standard InChI is InChI=1S/C15H15NO6/c1-7(2)12(13-8(3)20-15(18)22-13)21-14(17)10-6-11-9(16-10)4-5-19-11/h4-7,12,16H,1-3H3. The molecule has 3 aromatic heterocycles. The molecule has 1 atom stereocenters. The van der Waals surface area contributed by atoms with E-state index in [4.69, 9.17) is 18.0 Å². The van der Waals surface area contributed by atoms with Gasteiger partial charge < -0.3 is 23.0 Å². The molecule has 0 aromatic carbocycles. The summed E-state index contributed by atoms with van der Waals surface area (Å²) in [5, 5.41) is 0. The van der Waals surface area contributed by atoms with Crippen LogP contribution < -0.4 is 5.82 Å². The van der Waals surface area contributed by atoms with Gasteiger partial charge in [0.25, 0.3) is 0 Å². The van der Waals surface area contributed by atoms with Crippen molar-refractivity contribution in [3.63, 3.8) is 0 Å². The highest BCUT2D eigenvalue weighted by Gasteiger charge is 2.29. The second-order valence-electron chi connectivity index (χ2n) is 5.33. The van der Waals surface area contributed by atoms with Crippen molar-refractivity contribution in [2.24, 2.45) is 5.92 Å². The van der Waals surface area contributed by atoms with Gasteiger partial charge in [0.1, 0.15) is 5.69 Å². The van der Waals surface area contributed by atoms with Crippen LogP contribution in [0.3, 0.4) is 0 Å². The number of fused-ring (bicyclic) bond motifs is 1. The first kappa shape index (κ1) is 14.2. The second kappa shape index (κ2) is 5.25. The van der Waals surface area contributed by atoms with Crippen LogP contribution in [-0.4, -0.2) is 11.0 Å². The molecule has 3 rings (SSSR count). The first-order valence-corrected chi connectivity index (χ1v) is 6.83. The maximum Gasteiger partial charge on any atom is 0.519 e. The number of furan rings is 1. The molecule has 0 fully saturated rings. The van der Waals surface area contributed by atoms with Crippen LogP contribution in [0.2, 0.25) is 0 Å². The van der Waals surface area contributed by atoms with E-state index in [-0.39, 0.29) is 17.4 Å². The Kier molecular flexibility index (Phi) is 3.40. The van der Waals surface area contributed by atoms with Gasteiger partial charge in [-0.2, -0.15) is 0 Å². The maximum atomic E-state index is 12.3. The molecule has 0 spiro atoms. The van der Waals surface area contributed by atoms with Crippen LogP contribution in [0.4, 0.5) is 0 Å². The summed E-state index contributed by atoms with van der Waals surface area (Å²) in [6.07, 6.45) is 0.810.